The highest BCUT2D eigenvalue weighted by Crippen LogP contribution is 2.53. The molecule has 0 aromatic rings. The molecule has 4 bridgehead atoms. The molecule has 0 heterocycles. The molecule has 0 aromatic heterocycles. The Hall–Kier alpha value is -1.26. The molecule has 5 saturated carbocycles. The van der Waals surface area contributed by atoms with Crippen molar-refractivity contribution in [1.29, 1.82) is 0 Å². The zero-order valence-corrected chi connectivity index (χ0v) is 13.9. The minimum absolute atomic E-state index is 0.182. The van der Waals surface area contributed by atoms with Crippen LogP contribution in [0, 0.1) is 29.6 Å². The van der Waals surface area contributed by atoms with Crippen LogP contribution in [0.4, 0.5) is 4.79 Å². The second-order valence-corrected chi connectivity index (χ2v) is 8.33. The predicted molar refractivity (Wildman–Crippen MR) is 85.6 cm³/mol. The molecule has 5 aliphatic rings. The normalized spacial score (nSPS) is 38.9. The van der Waals surface area contributed by atoms with Gasteiger partial charge in [-0.3, -0.25) is 0 Å². The molecule has 0 saturated heterocycles. The van der Waals surface area contributed by atoms with Gasteiger partial charge in [-0.1, -0.05) is 12.8 Å². The van der Waals surface area contributed by atoms with Crippen molar-refractivity contribution < 1.29 is 14.3 Å². The van der Waals surface area contributed by atoms with Crippen LogP contribution in [0.3, 0.4) is 0 Å². The molecule has 5 heteroatoms. The Kier molecular flexibility index (Phi) is 3.98. The zero-order valence-electron chi connectivity index (χ0n) is 13.9. The van der Waals surface area contributed by atoms with Gasteiger partial charge in [-0.05, 0) is 68.1 Å². The van der Waals surface area contributed by atoms with Crippen molar-refractivity contribution in [3.05, 3.63) is 0 Å². The van der Waals surface area contributed by atoms with Crippen LogP contribution in [-0.4, -0.2) is 31.2 Å². The molecular formula is C18H28N2O3. The van der Waals surface area contributed by atoms with Crippen molar-refractivity contribution >= 4 is 12.0 Å². The Morgan fingerprint density at radius 2 is 1.65 bits per heavy atom. The first-order valence-corrected chi connectivity index (χ1v) is 9.27. The van der Waals surface area contributed by atoms with Gasteiger partial charge >= 0.3 is 12.0 Å². The molecule has 23 heavy (non-hydrogen) atoms. The van der Waals surface area contributed by atoms with Crippen molar-refractivity contribution in [3.8, 4) is 0 Å². The minimum Gasteiger partial charge on any atom is -0.467 e. The van der Waals surface area contributed by atoms with Crippen molar-refractivity contribution in [1.82, 2.24) is 10.6 Å². The van der Waals surface area contributed by atoms with Gasteiger partial charge in [-0.25, -0.2) is 9.59 Å². The lowest BCUT2D eigenvalue weighted by Gasteiger charge is -2.54. The third-order valence-corrected chi connectivity index (χ3v) is 6.58. The first kappa shape index (κ1) is 15.3. The lowest BCUT2D eigenvalue weighted by atomic mass is 9.54. The fourth-order valence-electron chi connectivity index (χ4n) is 5.56. The van der Waals surface area contributed by atoms with Gasteiger partial charge < -0.3 is 15.4 Å². The molecule has 1 unspecified atom stereocenters. The molecule has 5 aliphatic carbocycles. The van der Waals surface area contributed by atoms with E-state index in [4.69, 9.17) is 4.74 Å². The topological polar surface area (TPSA) is 67.4 Å². The van der Waals surface area contributed by atoms with E-state index >= 15 is 0 Å². The summed E-state index contributed by atoms with van der Waals surface area (Å²) in [5, 5.41) is 6.08. The average molecular weight is 320 g/mol. The number of carbonyl (C=O) groups is 2. The third kappa shape index (κ3) is 3.20. The predicted octanol–water partition coefficient (Wildman–Crippen LogP) is 2.45. The van der Waals surface area contributed by atoms with Crippen LogP contribution in [-0.2, 0) is 9.53 Å². The summed E-state index contributed by atoms with van der Waals surface area (Å²) in [5.41, 5.74) is 0. The fourth-order valence-corrected chi connectivity index (χ4v) is 5.56. The number of rotatable bonds is 5. The van der Waals surface area contributed by atoms with Crippen molar-refractivity contribution in [3.63, 3.8) is 0 Å². The molecule has 5 fully saturated rings. The van der Waals surface area contributed by atoms with E-state index in [9.17, 15) is 9.59 Å². The van der Waals surface area contributed by atoms with Crippen LogP contribution < -0.4 is 10.6 Å². The standard InChI is InChI=1S/C18H28N2O3/c1-23-17(21)15(9-10-2-3-10)19-18(22)20-16-13-5-11-4-12(7-13)8-14(16)6-11/h10-16H,2-9H2,1H3,(H2,19,20,22). The Morgan fingerprint density at radius 3 is 2.17 bits per heavy atom. The first-order chi connectivity index (χ1) is 11.1. The van der Waals surface area contributed by atoms with E-state index in [0.29, 0.717) is 30.2 Å². The Balaban J connectivity index is 1.34. The van der Waals surface area contributed by atoms with Crippen LogP contribution >= 0.6 is 0 Å². The molecular weight excluding hydrogens is 292 g/mol. The molecule has 5 rings (SSSR count). The second-order valence-electron chi connectivity index (χ2n) is 8.33. The fraction of sp³-hybridized carbons (Fsp3) is 0.889. The number of hydrogen-bond donors (Lipinski definition) is 2. The third-order valence-electron chi connectivity index (χ3n) is 6.58. The molecule has 1 atom stereocenters. The Bertz CT molecular complexity index is 461. The highest BCUT2D eigenvalue weighted by atomic mass is 16.5. The quantitative estimate of drug-likeness (QED) is 0.765. The number of amides is 2. The highest BCUT2D eigenvalue weighted by Gasteiger charge is 2.48. The van der Waals surface area contributed by atoms with Gasteiger partial charge in [0.1, 0.15) is 6.04 Å². The van der Waals surface area contributed by atoms with Crippen molar-refractivity contribution in [2.75, 3.05) is 7.11 Å². The zero-order chi connectivity index (χ0) is 16.0. The maximum absolute atomic E-state index is 12.4. The van der Waals surface area contributed by atoms with Gasteiger partial charge in [0, 0.05) is 6.04 Å². The summed E-state index contributed by atoms with van der Waals surface area (Å²) >= 11 is 0. The van der Waals surface area contributed by atoms with E-state index in [1.54, 1.807) is 0 Å². The number of hydrogen-bond acceptors (Lipinski definition) is 3. The SMILES string of the molecule is COC(=O)C(CC1CC1)NC(=O)NC1C2CC3CC(C2)CC1C3. The van der Waals surface area contributed by atoms with Gasteiger partial charge in [-0.2, -0.15) is 0 Å². The van der Waals surface area contributed by atoms with Crippen LogP contribution in [0.15, 0.2) is 0 Å². The molecule has 0 aromatic carbocycles. The van der Waals surface area contributed by atoms with Crippen LogP contribution in [0.2, 0.25) is 0 Å². The minimum atomic E-state index is -0.496. The summed E-state index contributed by atoms with van der Waals surface area (Å²) < 4.78 is 4.84. The molecule has 2 amide bonds. The van der Waals surface area contributed by atoms with E-state index in [2.05, 4.69) is 10.6 Å². The van der Waals surface area contributed by atoms with Crippen molar-refractivity contribution in [2.45, 2.75) is 63.5 Å². The largest absolute Gasteiger partial charge is 0.467 e. The van der Waals surface area contributed by atoms with Gasteiger partial charge in [0.15, 0.2) is 0 Å². The van der Waals surface area contributed by atoms with E-state index in [-0.39, 0.29) is 12.0 Å². The van der Waals surface area contributed by atoms with Gasteiger partial charge in [-0.15, -0.1) is 0 Å². The summed E-state index contributed by atoms with van der Waals surface area (Å²) in [5.74, 6) is 3.35. The number of urea groups is 1. The van der Waals surface area contributed by atoms with Gasteiger partial charge in [0.05, 0.1) is 7.11 Å². The summed E-state index contributed by atoms with van der Waals surface area (Å²) in [6.45, 7) is 0. The number of ether oxygens (including phenoxy) is 1. The first-order valence-electron chi connectivity index (χ1n) is 9.27. The number of esters is 1. The van der Waals surface area contributed by atoms with Crippen LogP contribution in [0.5, 0.6) is 0 Å². The number of nitrogens with one attached hydrogen (secondary N) is 2. The number of carbonyl (C=O) groups excluding carboxylic acids is 2. The van der Waals surface area contributed by atoms with Gasteiger partial charge in [0.25, 0.3) is 0 Å². The second kappa shape index (κ2) is 5.99. The molecule has 2 N–H and O–H groups in total. The summed E-state index contributed by atoms with van der Waals surface area (Å²) in [7, 11) is 1.39. The molecule has 0 radical (unpaired) electrons. The Morgan fingerprint density at radius 1 is 1.04 bits per heavy atom. The van der Waals surface area contributed by atoms with E-state index in [1.807, 2.05) is 0 Å². The maximum atomic E-state index is 12.4. The summed E-state index contributed by atoms with van der Waals surface area (Å²) in [6, 6.07) is -0.370. The van der Waals surface area contributed by atoms with Crippen molar-refractivity contribution in [2.24, 2.45) is 29.6 Å². The van der Waals surface area contributed by atoms with E-state index in [0.717, 1.165) is 24.7 Å². The smallest absolute Gasteiger partial charge is 0.328 e. The van der Waals surface area contributed by atoms with Crippen LogP contribution in [0.1, 0.15) is 51.4 Å². The lowest BCUT2D eigenvalue weighted by molar-refractivity contribution is -0.143. The summed E-state index contributed by atoms with van der Waals surface area (Å²) in [6.07, 6.45) is 9.56. The maximum Gasteiger partial charge on any atom is 0.328 e. The lowest BCUT2D eigenvalue weighted by Crippen LogP contribution is -2.59. The van der Waals surface area contributed by atoms with E-state index in [1.165, 1.54) is 39.2 Å². The van der Waals surface area contributed by atoms with E-state index < -0.39 is 6.04 Å². The Labute approximate surface area is 137 Å². The number of methoxy groups -OCH3 is 1. The monoisotopic (exact) mass is 320 g/mol. The molecule has 0 aliphatic heterocycles. The average Bonchev–Trinajstić information content (AvgIpc) is 3.33. The van der Waals surface area contributed by atoms with Crippen LogP contribution in [0.25, 0.3) is 0 Å². The highest BCUT2D eigenvalue weighted by molar-refractivity contribution is 5.83. The summed E-state index contributed by atoms with van der Waals surface area (Å²) in [4.78, 5) is 24.3. The molecule has 128 valence electrons. The molecule has 5 nitrogen and oxygen atoms in total. The molecule has 0 spiro atoms. The van der Waals surface area contributed by atoms with Gasteiger partial charge in [0.2, 0.25) is 0 Å².